The first-order valence-corrected chi connectivity index (χ1v) is 11.6. The normalized spacial score (nSPS) is 19.8. The SMILES string of the molecule is COc1ccc(C2(CN3CCC(NC(=O)c4oc(C)nc4C)CC3)CCCCC2)cc1. The summed E-state index contributed by atoms with van der Waals surface area (Å²) in [7, 11) is 1.72. The monoisotopic (exact) mass is 425 g/mol. The molecule has 1 aliphatic heterocycles. The quantitative estimate of drug-likeness (QED) is 0.743. The van der Waals surface area contributed by atoms with Crippen molar-refractivity contribution in [3.05, 3.63) is 47.2 Å². The Hall–Kier alpha value is -2.34. The number of nitrogens with zero attached hydrogens (tertiary/aromatic N) is 2. The molecule has 6 heteroatoms. The number of benzene rings is 1. The predicted octanol–water partition coefficient (Wildman–Crippen LogP) is 4.40. The highest BCUT2D eigenvalue weighted by molar-refractivity contribution is 5.92. The fourth-order valence-corrected chi connectivity index (χ4v) is 5.37. The zero-order chi connectivity index (χ0) is 21.8. The van der Waals surface area contributed by atoms with Gasteiger partial charge in [0.05, 0.1) is 12.8 Å². The average molecular weight is 426 g/mol. The first-order chi connectivity index (χ1) is 15.0. The van der Waals surface area contributed by atoms with Crippen molar-refractivity contribution >= 4 is 5.91 Å². The van der Waals surface area contributed by atoms with Crippen molar-refractivity contribution in [1.29, 1.82) is 0 Å². The number of piperidine rings is 1. The number of carbonyl (C=O) groups excluding carboxylic acids is 1. The number of hydrogen-bond acceptors (Lipinski definition) is 5. The van der Waals surface area contributed by atoms with E-state index < -0.39 is 0 Å². The van der Waals surface area contributed by atoms with Gasteiger partial charge in [0.25, 0.3) is 5.91 Å². The van der Waals surface area contributed by atoms with Crippen LogP contribution in [0.5, 0.6) is 5.75 Å². The second-order valence-corrected chi connectivity index (χ2v) is 9.24. The van der Waals surface area contributed by atoms with E-state index in [2.05, 4.69) is 39.5 Å². The highest BCUT2D eigenvalue weighted by atomic mass is 16.5. The molecule has 2 aromatic rings. The van der Waals surface area contributed by atoms with Crippen molar-refractivity contribution in [2.24, 2.45) is 0 Å². The van der Waals surface area contributed by atoms with Gasteiger partial charge in [-0.05, 0) is 50.3 Å². The molecule has 2 fully saturated rings. The number of nitrogens with one attached hydrogen (secondary N) is 1. The summed E-state index contributed by atoms with van der Waals surface area (Å²) in [4.78, 5) is 19.4. The summed E-state index contributed by atoms with van der Waals surface area (Å²) < 4.78 is 10.8. The molecule has 1 aliphatic carbocycles. The van der Waals surface area contributed by atoms with Gasteiger partial charge in [-0.15, -0.1) is 0 Å². The maximum absolute atomic E-state index is 12.6. The van der Waals surface area contributed by atoms with Gasteiger partial charge in [0.15, 0.2) is 5.89 Å². The Morgan fingerprint density at radius 1 is 1.16 bits per heavy atom. The largest absolute Gasteiger partial charge is 0.497 e. The summed E-state index contributed by atoms with van der Waals surface area (Å²) in [6, 6.07) is 8.91. The van der Waals surface area contributed by atoms with Gasteiger partial charge in [0.2, 0.25) is 5.76 Å². The molecule has 0 atom stereocenters. The Kier molecular flexibility index (Phi) is 6.65. The zero-order valence-electron chi connectivity index (χ0n) is 19.1. The Balaban J connectivity index is 1.36. The lowest BCUT2D eigenvalue weighted by Crippen LogP contribution is -2.49. The van der Waals surface area contributed by atoms with Gasteiger partial charge in [0.1, 0.15) is 5.75 Å². The van der Waals surface area contributed by atoms with Crippen molar-refractivity contribution in [2.45, 2.75) is 70.3 Å². The smallest absolute Gasteiger partial charge is 0.289 e. The molecule has 0 unspecified atom stereocenters. The number of aromatic nitrogens is 1. The van der Waals surface area contributed by atoms with E-state index in [0.717, 1.165) is 38.2 Å². The van der Waals surface area contributed by atoms with Crippen LogP contribution in [0.4, 0.5) is 0 Å². The molecule has 0 radical (unpaired) electrons. The summed E-state index contributed by atoms with van der Waals surface area (Å²) in [5.41, 5.74) is 2.33. The summed E-state index contributed by atoms with van der Waals surface area (Å²) in [6.07, 6.45) is 8.38. The number of rotatable bonds is 6. The van der Waals surface area contributed by atoms with Crippen molar-refractivity contribution < 1.29 is 13.9 Å². The molecule has 1 N–H and O–H groups in total. The maximum atomic E-state index is 12.6. The first-order valence-electron chi connectivity index (χ1n) is 11.6. The second-order valence-electron chi connectivity index (χ2n) is 9.24. The third kappa shape index (κ3) is 4.95. The molecular weight excluding hydrogens is 390 g/mol. The van der Waals surface area contributed by atoms with E-state index in [-0.39, 0.29) is 17.4 Å². The summed E-state index contributed by atoms with van der Waals surface area (Å²) >= 11 is 0. The van der Waals surface area contributed by atoms with E-state index in [1.54, 1.807) is 14.0 Å². The summed E-state index contributed by atoms with van der Waals surface area (Å²) in [5.74, 6) is 1.66. The van der Waals surface area contributed by atoms with Gasteiger partial charge in [-0.1, -0.05) is 31.4 Å². The molecule has 2 heterocycles. The van der Waals surface area contributed by atoms with Crippen LogP contribution in [-0.4, -0.2) is 48.6 Å². The van der Waals surface area contributed by atoms with Crippen LogP contribution < -0.4 is 10.1 Å². The molecule has 4 rings (SSSR count). The van der Waals surface area contributed by atoms with Crippen LogP contribution in [0.2, 0.25) is 0 Å². The third-order valence-electron chi connectivity index (χ3n) is 7.07. The number of amides is 1. The first kappa shape index (κ1) is 21.9. The number of oxazole rings is 1. The zero-order valence-corrected chi connectivity index (χ0v) is 19.1. The average Bonchev–Trinajstić information content (AvgIpc) is 3.14. The fraction of sp³-hybridized carbons (Fsp3) is 0.600. The van der Waals surface area contributed by atoms with E-state index >= 15 is 0 Å². The van der Waals surface area contributed by atoms with Gasteiger partial charge < -0.3 is 19.4 Å². The molecule has 168 valence electrons. The minimum absolute atomic E-state index is 0.140. The van der Waals surface area contributed by atoms with Crippen molar-refractivity contribution in [3.63, 3.8) is 0 Å². The van der Waals surface area contributed by atoms with E-state index in [0.29, 0.717) is 17.3 Å². The molecule has 0 bridgehead atoms. The van der Waals surface area contributed by atoms with Gasteiger partial charge in [-0.3, -0.25) is 4.79 Å². The Morgan fingerprint density at radius 2 is 1.84 bits per heavy atom. The van der Waals surface area contributed by atoms with Crippen LogP contribution in [0.3, 0.4) is 0 Å². The van der Waals surface area contributed by atoms with E-state index in [9.17, 15) is 4.79 Å². The van der Waals surface area contributed by atoms with E-state index in [4.69, 9.17) is 9.15 Å². The van der Waals surface area contributed by atoms with Crippen LogP contribution in [0.15, 0.2) is 28.7 Å². The highest BCUT2D eigenvalue weighted by Gasteiger charge is 2.36. The van der Waals surface area contributed by atoms with Crippen LogP contribution in [0.25, 0.3) is 0 Å². The molecule has 1 saturated heterocycles. The van der Waals surface area contributed by atoms with E-state index in [1.165, 1.54) is 37.7 Å². The van der Waals surface area contributed by atoms with Crippen LogP contribution in [-0.2, 0) is 5.41 Å². The van der Waals surface area contributed by atoms with Gasteiger partial charge in [-0.2, -0.15) is 0 Å². The number of aryl methyl sites for hydroxylation is 2. The van der Waals surface area contributed by atoms with E-state index in [1.807, 2.05) is 6.92 Å². The van der Waals surface area contributed by atoms with Gasteiger partial charge in [-0.25, -0.2) is 4.98 Å². The van der Waals surface area contributed by atoms with Crippen LogP contribution in [0.1, 0.15) is 72.6 Å². The molecular formula is C25H35N3O3. The minimum atomic E-state index is -0.140. The second kappa shape index (κ2) is 9.43. The predicted molar refractivity (Wildman–Crippen MR) is 121 cm³/mol. The highest BCUT2D eigenvalue weighted by Crippen LogP contribution is 2.41. The maximum Gasteiger partial charge on any atom is 0.289 e. The standard InChI is InChI=1S/C25H35N3O3/c1-18-23(31-19(2)26-18)24(29)27-21-11-15-28(16-12-21)17-25(13-5-4-6-14-25)20-7-9-22(30-3)10-8-20/h7-10,21H,4-6,11-17H2,1-3H3,(H,27,29). The topological polar surface area (TPSA) is 67.6 Å². The number of ether oxygens (including phenoxy) is 1. The van der Waals surface area contributed by atoms with Crippen LogP contribution in [0, 0.1) is 13.8 Å². The molecule has 1 aromatic heterocycles. The molecule has 31 heavy (non-hydrogen) atoms. The lowest BCUT2D eigenvalue weighted by Gasteiger charge is -2.44. The molecule has 2 aliphatic rings. The van der Waals surface area contributed by atoms with Gasteiger partial charge in [0, 0.05) is 38.0 Å². The minimum Gasteiger partial charge on any atom is -0.497 e. The molecule has 1 saturated carbocycles. The number of hydrogen-bond donors (Lipinski definition) is 1. The summed E-state index contributed by atoms with van der Waals surface area (Å²) in [5, 5.41) is 3.15. The molecule has 1 aromatic carbocycles. The number of carbonyl (C=O) groups is 1. The Labute approximate surface area is 185 Å². The molecule has 0 spiro atoms. The molecule has 1 amide bonds. The number of likely N-dealkylation sites (tertiary alicyclic amines) is 1. The van der Waals surface area contributed by atoms with Crippen molar-refractivity contribution in [3.8, 4) is 5.75 Å². The lowest BCUT2D eigenvalue weighted by molar-refractivity contribution is 0.0862. The van der Waals surface area contributed by atoms with Crippen LogP contribution >= 0.6 is 0 Å². The van der Waals surface area contributed by atoms with Crippen molar-refractivity contribution in [2.75, 3.05) is 26.7 Å². The molecule has 6 nitrogen and oxygen atoms in total. The lowest BCUT2D eigenvalue weighted by atomic mass is 9.69. The summed E-state index contributed by atoms with van der Waals surface area (Å²) in [6.45, 7) is 6.71. The van der Waals surface area contributed by atoms with Crippen molar-refractivity contribution in [1.82, 2.24) is 15.2 Å². The Bertz CT molecular complexity index is 876. The third-order valence-corrected chi connectivity index (χ3v) is 7.07. The fourth-order valence-electron chi connectivity index (χ4n) is 5.37. The number of methoxy groups -OCH3 is 1. The Morgan fingerprint density at radius 3 is 2.42 bits per heavy atom. The van der Waals surface area contributed by atoms with Gasteiger partial charge >= 0.3 is 0 Å².